The van der Waals surface area contributed by atoms with Crippen molar-refractivity contribution in [1.82, 2.24) is 0 Å². The summed E-state index contributed by atoms with van der Waals surface area (Å²) in [4.78, 5) is 11.6. The highest BCUT2D eigenvalue weighted by Gasteiger charge is 2.16. The highest BCUT2D eigenvalue weighted by atomic mass is 35.5. The van der Waals surface area contributed by atoms with Gasteiger partial charge >= 0.3 is 5.97 Å². The Labute approximate surface area is 104 Å². The van der Waals surface area contributed by atoms with Crippen molar-refractivity contribution in [3.63, 3.8) is 0 Å². The Morgan fingerprint density at radius 3 is 2.56 bits per heavy atom. The Kier molecular flexibility index (Phi) is 5.43. The Bertz CT molecular complexity index is 403. The van der Waals surface area contributed by atoms with E-state index in [1.165, 1.54) is 18.3 Å². The number of amidine groups is 1. The first-order valence-electron chi connectivity index (χ1n) is 4.34. The van der Waals surface area contributed by atoms with Crippen LogP contribution < -0.4 is 16.2 Å². The zero-order valence-corrected chi connectivity index (χ0v) is 10.6. The maximum absolute atomic E-state index is 10.8. The minimum Gasteiger partial charge on any atom is -0.415 e. The third-order valence-corrected chi connectivity index (χ3v) is 2.91. The summed E-state index contributed by atoms with van der Waals surface area (Å²) in [5, 5.41) is 7.66. The summed E-state index contributed by atoms with van der Waals surface area (Å²) in [6.45, 7) is 3.11. The van der Waals surface area contributed by atoms with E-state index < -0.39 is 5.97 Å². The fraction of sp³-hybridized carbons (Fsp3) is 0.333. The van der Waals surface area contributed by atoms with Crippen LogP contribution in [0.1, 0.15) is 30.3 Å². The molecule has 1 rings (SSSR count). The highest BCUT2D eigenvalue weighted by molar-refractivity contribution is 7.14. The van der Waals surface area contributed by atoms with Crippen molar-refractivity contribution in [2.45, 2.75) is 19.9 Å². The molecule has 0 radical (unpaired) electrons. The van der Waals surface area contributed by atoms with Crippen LogP contribution in [-0.2, 0) is 4.79 Å². The average Bonchev–Trinajstić information content (AvgIpc) is 2.46. The zero-order chi connectivity index (χ0) is 11.6. The second kappa shape index (κ2) is 5.83. The minimum absolute atomic E-state index is 0. The SMILES string of the molecule is CC(=O)Oc1sc(C(C)N)cc1C(=N)N.Cl. The van der Waals surface area contributed by atoms with Gasteiger partial charge in [-0.15, -0.1) is 23.7 Å². The third kappa shape index (κ3) is 3.48. The van der Waals surface area contributed by atoms with Crippen LogP contribution in [0.3, 0.4) is 0 Å². The Morgan fingerprint density at radius 1 is 1.62 bits per heavy atom. The molecule has 0 aromatic carbocycles. The van der Waals surface area contributed by atoms with Crippen molar-refractivity contribution in [3.05, 3.63) is 16.5 Å². The number of carbonyl (C=O) groups is 1. The van der Waals surface area contributed by atoms with Crippen LogP contribution in [0.25, 0.3) is 0 Å². The minimum atomic E-state index is -0.435. The first-order chi connectivity index (χ1) is 6.91. The van der Waals surface area contributed by atoms with E-state index >= 15 is 0 Å². The van der Waals surface area contributed by atoms with Crippen molar-refractivity contribution in [1.29, 1.82) is 5.41 Å². The van der Waals surface area contributed by atoms with Crippen LogP contribution >= 0.6 is 23.7 Å². The lowest BCUT2D eigenvalue weighted by molar-refractivity contribution is -0.131. The molecular weight excluding hydrogens is 250 g/mol. The van der Waals surface area contributed by atoms with Gasteiger partial charge in [-0.25, -0.2) is 0 Å². The lowest BCUT2D eigenvalue weighted by Crippen LogP contribution is -2.12. The number of hydrogen-bond acceptors (Lipinski definition) is 5. The van der Waals surface area contributed by atoms with Gasteiger partial charge in [0.2, 0.25) is 0 Å². The number of esters is 1. The van der Waals surface area contributed by atoms with Gasteiger partial charge < -0.3 is 16.2 Å². The molecule has 1 aromatic heterocycles. The van der Waals surface area contributed by atoms with Gasteiger partial charge in [-0.2, -0.15) is 0 Å². The molecule has 0 saturated heterocycles. The van der Waals surface area contributed by atoms with E-state index in [1.807, 2.05) is 6.92 Å². The lowest BCUT2D eigenvalue weighted by Gasteiger charge is -1.99. The molecule has 1 heterocycles. The number of hydrogen-bond donors (Lipinski definition) is 3. The van der Waals surface area contributed by atoms with E-state index in [1.54, 1.807) is 6.07 Å². The molecule has 7 heteroatoms. The van der Waals surface area contributed by atoms with Crippen LogP contribution in [0.15, 0.2) is 6.07 Å². The van der Waals surface area contributed by atoms with E-state index in [2.05, 4.69) is 0 Å². The molecule has 0 saturated carbocycles. The summed E-state index contributed by atoms with van der Waals surface area (Å²) in [5.74, 6) is -0.565. The van der Waals surface area contributed by atoms with Gasteiger partial charge in [0.15, 0.2) is 5.06 Å². The number of rotatable bonds is 3. The molecule has 5 N–H and O–H groups in total. The first kappa shape index (κ1) is 14.9. The third-order valence-electron chi connectivity index (χ3n) is 1.69. The van der Waals surface area contributed by atoms with Crippen LogP contribution in [0.5, 0.6) is 5.06 Å². The molecule has 16 heavy (non-hydrogen) atoms. The van der Waals surface area contributed by atoms with Gasteiger partial charge in [0, 0.05) is 17.8 Å². The normalized spacial score (nSPS) is 11.4. The predicted molar refractivity (Wildman–Crippen MR) is 66.5 cm³/mol. The van der Waals surface area contributed by atoms with Crippen molar-refractivity contribution in [2.75, 3.05) is 0 Å². The number of nitrogens with two attached hydrogens (primary N) is 2. The second-order valence-electron chi connectivity index (χ2n) is 3.15. The predicted octanol–water partition coefficient (Wildman–Crippen LogP) is 1.40. The molecule has 0 bridgehead atoms. The average molecular weight is 264 g/mol. The largest absolute Gasteiger partial charge is 0.415 e. The van der Waals surface area contributed by atoms with Crippen LogP contribution in [0, 0.1) is 5.41 Å². The second-order valence-corrected chi connectivity index (χ2v) is 4.19. The van der Waals surface area contributed by atoms with Gasteiger partial charge in [-0.3, -0.25) is 10.2 Å². The molecule has 0 aliphatic heterocycles. The fourth-order valence-electron chi connectivity index (χ4n) is 1.01. The van der Waals surface area contributed by atoms with Gasteiger partial charge in [-0.05, 0) is 13.0 Å². The molecular formula is C9H14ClN3O2S. The molecule has 1 atom stereocenters. The molecule has 1 aromatic rings. The Morgan fingerprint density at radius 2 is 2.19 bits per heavy atom. The van der Waals surface area contributed by atoms with E-state index in [0.717, 1.165) is 4.88 Å². The molecule has 0 spiro atoms. The molecule has 0 aliphatic rings. The van der Waals surface area contributed by atoms with E-state index in [9.17, 15) is 4.79 Å². The number of thiophene rings is 1. The zero-order valence-electron chi connectivity index (χ0n) is 8.94. The van der Waals surface area contributed by atoms with E-state index in [0.29, 0.717) is 10.6 Å². The smallest absolute Gasteiger partial charge is 0.308 e. The van der Waals surface area contributed by atoms with Gasteiger partial charge in [0.05, 0.1) is 5.56 Å². The molecule has 1 unspecified atom stereocenters. The molecule has 5 nitrogen and oxygen atoms in total. The van der Waals surface area contributed by atoms with E-state index in [4.69, 9.17) is 21.6 Å². The van der Waals surface area contributed by atoms with Crippen molar-refractivity contribution in [3.8, 4) is 5.06 Å². The molecule has 90 valence electrons. The van der Waals surface area contributed by atoms with Crippen molar-refractivity contribution < 1.29 is 9.53 Å². The number of halogens is 1. The number of nitrogen functional groups attached to an aromatic ring is 1. The molecule has 0 amide bonds. The summed E-state index contributed by atoms with van der Waals surface area (Å²) >= 11 is 1.24. The summed E-state index contributed by atoms with van der Waals surface area (Å²) in [5.41, 5.74) is 11.5. The summed E-state index contributed by atoms with van der Waals surface area (Å²) in [7, 11) is 0. The van der Waals surface area contributed by atoms with E-state index in [-0.39, 0.29) is 24.3 Å². The highest BCUT2D eigenvalue weighted by Crippen LogP contribution is 2.33. The molecule has 0 fully saturated rings. The van der Waals surface area contributed by atoms with Gasteiger partial charge in [-0.1, -0.05) is 0 Å². The van der Waals surface area contributed by atoms with Crippen molar-refractivity contribution >= 4 is 35.5 Å². The van der Waals surface area contributed by atoms with Crippen molar-refractivity contribution in [2.24, 2.45) is 11.5 Å². The quantitative estimate of drug-likeness (QED) is 0.436. The maximum atomic E-state index is 10.8. The van der Waals surface area contributed by atoms with Crippen LogP contribution in [-0.4, -0.2) is 11.8 Å². The summed E-state index contributed by atoms with van der Waals surface area (Å²) in [6, 6.07) is 1.51. The topological polar surface area (TPSA) is 102 Å². The summed E-state index contributed by atoms with van der Waals surface area (Å²) < 4.78 is 4.94. The summed E-state index contributed by atoms with van der Waals surface area (Å²) in [6.07, 6.45) is 0. The van der Waals surface area contributed by atoms with Crippen LogP contribution in [0.4, 0.5) is 0 Å². The van der Waals surface area contributed by atoms with Crippen LogP contribution in [0.2, 0.25) is 0 Å². The van der Waals surface area contributed by atoms with Gasteiger partial charge in [0.25, 0.3) is 0 Å². The monoisotopic (exact) mass is 263 g/mol. The maximum Gasteiger partial charge on any atom is 0.308 e. The molecule has 0 aliphatic carbocycles. The number of ether oxygens (including phenoxy) is 1. The first-order valence-corrected chi connectivity index (χ1v) is 5.15. The fourth-order valence-corrected chi connectivity index (χ4v) is 2.03. The number of carbonyl (C=O) groups excluding carboxylic acids is 1. The number of nitrogens with one attached hydrogen (secondary N) is 1. The van der Waals surface area contributed by atoms with Gasteiger partial charge in [0.1, 0.15) is 5.84 Å². The standard InChI is InChI=1S/C9H13N3O2S.ClH/c1-4(10)7-3-6(8(11)12)9(15-7)14-5(2)13;/h3-4H,10H2,1-2H3,(H3,11,12);1H. The Hall–Kier alpha value is -1.11. The lowest BCUT2D eigenvalue weighted by atomic mass is 10.2. The Balaban J connectivity index is 0.00000225.